The van der Waals surface area contributed by atoms with Crippen LogP contribution in [0.4, 0.5) is 10.1 Å². The van der Waals surface area contributed by atoms with Gasteiger partial charge in [0.15, 0.2) is 11.7 Å². The smallest absolute Gasteiger partial charge is 0.224 e. The monoisotopic (exact) mass is 400 g/mol. The molecule has 150 valence electrons. The van der Waals surface area contributed by atoms with E-state index in [1.165, 1.54) is 6.07 Å². The second-order valence-corrected chi connectivity index (χ2v) is 7.05. The molecular formula is C25H21FN2O2. The van der Waals surface area contributed by atoms with Gasteiger partial charge in [-0.1, -0.05) is 66.7 Å². The molecule has 0 radical (unpaired) electrons. The molecule has 1 N–H and O–H groups in total. The largest absolute Gasteiger partial charge is 0.440 e. The molecule has 0 saturated carbocycles. The number of carbonyl (C=O) groups excluding carboxylic acids is 1. The molecule has 3 aromatic carbocycles. The van der Waals surface area contributed by atoms with Crippen LogP contribution in [0.3, 0.4) is 0 Å². The van der Waals surface area contributed by atoms with Gasteiger partial charge >= 0.3 is 0 Å². The van der Waals surface area contributed by atoms with Crippen LogP contribution < -0.4 is 5.32 Å². The van der Waals surface area contributed by atoms with Gasteiger partial charge in [0.1, 0.15) is 11.5 Å². The lowest BCUT2D eigenvalue weighted by Crippen LogP contribution is -2.13. The fourth-order valence-corrected chi connectivity index (χ4v) is 3.22. The van der Waals surface area contributed by atoms with Gasteiger partial charge in [-0.2, -0.15) is 0 Å². The van der Waals surface area contributed by atoms with Crippen molar-refractivity contribution in [3.8, 4) is 22.6 Å². The van der Waals surface area contributed by atoms with Crippen LogP contribution >= 0.6 is 0 Å². The van der Waals surface area contributed by atoms with Gasteiger partial charge in [0.2, 0.25) is 5.91 Å². The van der Waals surface area contributed by atoms with E-state index in [-0.39, 0.29) is 18.0 Å². The van der Waals surface area contributed by atoms with Gasteiger partial charge in [-0.15, -0.1) is 0 Å². The molecular weight excluding hydrogens is 379 g/mol. The molecule has 1 heterocycles. The minimum Gasteiger partial charge on any atom is -0.440 e. The van der Waals surface area contributed by atoms with Crippen LogP contribution in [0.15, 0.2) is 83.3 Å². The van der Waals surface area contributed by atoms with Gasteiger partial charge in [-0.05, 0) is 24.6 Å². The zero-order valence-electron chi connectivity index (χ0n) is 16.6. The molecule has 0 saturated heterocycles. The third-order valence-corrected chi connectivity index (χ3v) is 4.72. The highest BCUT2D eigenvalue weighted by molar-refractivity contribution is 5.91. The van der Waals surface area contributed by atoms with Crippen molar-refractivity contribution in [1.29, 1.82) is 0 Å². The molecule has 0 atom stereocenters. The number of benzene rings is 3. The number of halogens is 1. The number of carbonyl (C=O) groups is 1. The van der Waals surface area contributed by atoms with E-state index in [0.29, 0.717) is 18.1 Å². The first kappa shape index (κ1) is 19.6. The normalized spacial score (nSPS) is 10.7. The van der Waals surface area contributed by atoms with Crippen LogP contribution in [-0.2, 0) is 11.2 Å². The van der Waals surface area contributed by atoms with E-state index >= 15 is 0 Å². The molecule has 1 amide bonds. The Balaban J connectivity index is 1.54. The van der Waals surface area contributed by atoms with Crippen LogP contribution in [0.2, 0.25) is 0 Å². The first-order chi connectivity index (χ1) is 14.6. The standard InChI is InChI=1S/C25H21FN2O2/c1-17-12-13-20(26)21(16-17)27-22(29)14-15-23-28-24(18-8-4-2-5-9-18)25(30-23)19-10-6-3-7-11-19/h2-13,16H,14-15H2,1H3,(H,27,29). The summed E-state index contributed by atoms with van der Waals surface area (Å²) in [5.74, 6) is 0.387. The van der Waals surface area contributed by atoms with Crippen LogP contribution in [0.1, 0.15) is 17.9 Å². The van der Waals surface area contributed by atoms with E-state index in [0.717, 1.165) is 22.4 Å². The SMILES string of the molecule is Cc1ccc(F)c(NC(=O)CCc2nc(-c3ccccc3)c(-c3ccccc3)o2)c1. The highest BCUT2D eigenvalue weighted by atomic mass is 19.1. The number of nitrogens with one attached hydrogen (secondary N) is 1. The zero-order chi connectivity index (χ0) is 20.9. The number of nitrogens with zero attached hydrogens (tertiary/aromatic N) is 1. The number of amides is 1. The predicted molar refractivity (Wildman–Crippen MR) is 115 cm³/mol. The molecule has 0 fully saturated rings. The van der Waals surface area contributed by atoms with E-state index in [9.17, 15) is 9.18 Å². The van der Waals surface area contributed by atoms with Gasteiger partial charge in [0.25, 0.3) is 0 Å². The Kier molecular flexibility index (Phi) is 5.70. The number of aromatic nitrogens is 1. The average Bonchev–Trinajstić information content (AvgIpc) is 3.20. The Bertz CT molecular complexity index is 1100. The van der Waals surface area contributed by atoms with Crippen molar-refractivity contribution in [2.75, 3.05) is 5.32 Å². The van der Waals surface area contributed by atoms with Crippen LogP contribution in [0, 0.1) is 12.7 Å². The molecule has 4 aromatic rings. The van der Waals surface area contributed by atoms with Crippen molar-refractivity contribution >= 4 is 11.6 Å². The minimum atomic E-state index is -0.456. The summed E-state index contributed by atoms with van der Waals surface area (Å²) in [6, 6.07) is 24.2. The second-order valence-electron chi connectivity index (χ2n) is 7.05. The van der Waals surface area contributed by atoms with Crippen LogP contribution in [0.5, 0.6) is 0 Å². The fourth-order valence-electron chi connectivity index (χ4n) is 3.22. The number of aryl methyl sites for hydroxylation is 2. The molecule has 0 bridgehead atoms. The number of anilines is 1. The first-order valence-electron chi connectivity index (χ1n) is 9.77. The molecule has 4 nitrogen and oxygen atoms in total. The summed E-state index contributed by atoms with van der Waals surface area (Å²) in [7, 11) is 0. The van der Waals surface area contributed by atoms with Gasteiger partial charge in [-0.25, -0.2) is 9.37 Å². The van der Waals surface area contributed by atoms with Crippen molar-refractivity contribution in [1.82, 2.24) is 4.98 Å². The Labute approximate surface area is 174 Å². The van der Waals surface area contributed by atoms with E-state index in [1.54, 1.807) is 12.1 Å². The zero-order valence-corrected chi connectivity index (χ0v) is 16.6. The molecule has 0 aliphatic carbocycles. The van der Waals surface area contributed by atoms with Crippen molar-refractivity contribution in [3.63, 3.8) is 0 Å². The number of hydrogen-bond donors (Lipinski definition) is 1. The molecule has 4 rings (SSSR count). The van der Waals surface area contributed by atoms with E-state index in [2.05, 4.69) is 10.3 Å². The van der Waals surface area contributed by atoms with Gasteiger partial charge in [-0.3, -0.25) is 4.79 Å². The fraction of sp³-hybridized carbons (Fsp3) is 0.120. The highest BCUT2D eigenvalue weighted by Gasteiger charge is 2.17. The molecule has 0 unspecified atom stereocenters. The lowest BCUT2D eigenvalue weighted by Gasteiger charge is -2.06. The maximum absolute atomic E-state index is 13.9. The van der Waals surface area contributed by atoms with Crippen molar-refractivity contribution in [2.24, 2.45) is 0 Å². The number of oxazole rings is 1. The predicted octanol–water partition coefficient (Wildman–Crippen LogP) is 6.03. The Morgan fingerprint density at radius 2 is 1.63 bits per heavy atom. The Morgan fingerprint density at radius 3 is 2.33 bits per heavy atom. The molecule has 30 heavy (non-hydrogen) atoms. The third-order valence-electron chi connectivity index (χ3n) is 4.72. The Morgan fingerprint density at radius 1 is 0.967 bits per heavy atom. The molecule has 0 spiro atoms. The summed E-state index contributed by atoms with van der Waals surface area (Å²) in [6.45, 7) is 1.85. The van der Waals surface area contributed by atoms with Crippen LogP contribution in [-0.4, -0.2) is 10.9 Å². The quantitative estimate of drug-likeness (QED) is 0.430. The van der Waals surface area contributed by atoms with Crippen molar-refractivity contribution in [3.05, 3.63) is 96.1 Å². The van der Waals surface area contributed by atoms with Gasteiger partial charge in [0.05, 0.1) is 5.69 Å². The van der Waals surface area contributed by atoms with E-state index in [1.807, 2.05) is 67.6 Å². The van der Waals surface area contributed by atoms with Crippen molar-refractivity contribution < 1.29 is 13.6 Å². The summed E-state index contributed by atoms with van der Waals surface area (Å²) in [5, 5.41) is 2.62. The number of hydrogen-bond acceptors (Lipinski definition) is 3. The van der Waals surface area contributed by atoms with E-state index in [4.69, 9.17) is 4.42 Å². The van der Waals surface area contributed by atoms with Gasteiger partial charge < -0.3 is 9.73 Å². The highest BCUT2D eigenvalue weighted by Crippen LogP contribution is 2.32. The van der Waals surface area contributed by atoms with Gasteiger partial charge in [0, 0.05) is 24.0 Å². The maximum Gasteiger partial charge on any atom is 0.224 e. The summed E-state index contributed by atoms with van der Waals surface area (Å²) < 4.78 is 19.9. The summed E-state index contributed by atoms with van der Waals surface area (Å²) in [5.41, 5.74) is 3.66. The summed E-state index contributed by atoms with van der Waals surface area (Å²) in [6.07, 6.45) is 0.447. The first-order valence-corrected chi connectivity index (χ1v) is 9.77. The maximum atomic E-state index is 13.9. The number of rotatable bonds is 6. The summed E-state index contributed by atoms with van der Waals surface area (Å²) in [4.78, 5) is 17.0. The topological polar surface area (TPSA) is 55.1 Å². The minimum absolute atomic E-state index is 0.135. The molecule has 0 aliphatic rings. The molecule has 0 aliphatic heterocycles. The third kappa shape index (κ3) is 4.46. The molecule has 5 heteroatoms. The average molecular weight is 400 g/mol. The lowest BCUT2D eigenvalue weighted by atomic mass is 10.1. The lowest BCUT2D eigenvalue weighted by molar-refractivity contribution is -0.116. The second kappa shape index (κ2) is 8.74. The van der Waals surface area contributed by atoms with E-state index < -0.39 is 5.82 Å². The summed E-state index contributed by atoms with van der Waals surface area (Å²) >= 11 is 0. The van der Waals surface area contributed by atoms with Crippen molar-refractivity contribution in [2.45, 2.75) is 19.8 Å². The molecule has 1 aromatic heterocycles. The van der Waals surface area contributed by atoms with Crippen LogP contribution in [0.25, 0.3) is 22.6 Å². The Hall–Kier alpha value is -3.73.